The van der Waals surface area contributed by atoms with Crippen LogP contribution in [0.4, 0.5) is 5.82 Å². The second-order valence-electron chi connectivity index (χ2n) is 6.75. The van der Waals surface area contributed by atoms with Gasteiger partial charge in [0.1, 0.15) is 5.69 Å². The average molecular weight is 350 g/mol. The van der Waals surface area contributed by atoms with Gasteiger partial charge in [0.2, 0.25) is 6.41 Å². The largest absolute Gasteiger partial charge is 0.354 e. The van der Waals surface area contributed by atoms with Crippen molar-refractivity contribution < 1.29 is 4.79 Å². The molecule has 3 aromatic rings. The van der Waals surface area contributed by atoms with Gasteiger partial charge in [0.15, 0.2) is 5.82 Å². The van der Waals surface area contributed by atoms with Gasteiger partial charge in [-0.2, -0.15) is 5.10 Å². The first-order valence-corrected chi connectivity index (χ1v) is 8.85. The lowest BCUT2D eigenvalue weighted by Gasteiger charge is -2.36. The van der Waals surface area contributed by atoms with E-state index in [1.807, 2.05) is 37.0 Å². The number of aryl methyl sites for hydroxylation is 1. The van der Waals surface area contributed by atoms with Crippen molar-refractivity contribution in [1.82, 2.24) is 24.9 Å². The third-order valence-corrected chi connectivity index (χ3v) is 5.24. The van der Waals surface area contributed by atoms with Crippen LogP contribution in [0.25, 0.3) is 22.2 Å². The molecular weight excluding hydrogens is 328 g/mol. The van der Waals surface area contributed by atoms with Gasteiger partial charge in [-0.15, -0.1) is 10.2 Å². The Morgan fingerprint density at radius 3 is 2.50 bits per heavy atom. The number of rotatable bonds is 4. The number of nitrogens with zero attached hydrogens (tertiary/aromatic N) is 6. The van der Waals surface area contributed by atoms with Crippen LogP contribution >= 0.6 is 0 Å². The summed E-state index contributed by atoms with van der Waals surface area (Å²) in [5.41, 5.74) is 1.80. The molecule has 1 aliphatic heterocycles. The second-order valence-corrected chi connectivity index (χ2v) is 6.75. The molecule has 0 bridgehead atoms. The summed E-state index contributed by atoms with van der Waals surface area (Å²) in [6.45, 7) is 1.74. The molecule has 0 unspecified atom stereocenters. The van der Waals surface area contributed by atoms with Gasteiger partial charge in [0, 0.05) is 50.2 Å². The fourth-order valence-electron chi connectivity index (χ4n) is 3.69. The molecule has 1 aliphatic rings. The summed E-state index contributed by atoms with van der Waals surface area (Å²) in [4.78, 5) is 15.0. The molecule has 0 aliphatic carbocycles. The third kappa shape index (κ3) is 2.79. The van der Waals surface area contributed by atoms with Gasteiger partial charge in [-0.1, -0.05) is 24.3 Å². The minimum atomic E-state index is 0.302. The number of hydrogen-bond donors (Lipinski definition) is 0. The van der Waals surface area contributed by atoms with Crippen LogP contribution in [0.1, 0.15) is 12.8 Å². The Balaban J connectivity index is 1.70. The molecule has 1 fully saturated rings. The van der Waals surface area contributed by atoms with Crippen molar-refractivity contribution in [3.05, 3.63) is 36.5 Å². The maximum absolute atomic E-state index is 11.0. The molecule has 134 valence electrons. The van der Waals surface area contributed by atoms with Crippen molar-refractivity contribution in [3.8, 4) is 11.4 Å². The zero-order valence-corrected chi connectivity index (χ0v) is 15.0. The van der Waals surface area contributed by atoms with Crippen LogP contribution in [-0.2, 0) is 11.8 Å². The van der Waals surface area contributed by atoms with Gasteiger partial charge in [-0.05, 0) is 18.9 Å². The molecule has 26 heavy (non-hydrogen) atoms. The van der Waals surface area contributed by atoms with Gasteiger partial charge in [-0.3, -0.25) is 9.48 Å². The van der Waals surface area contributed by atoms with E-state index in [9.17, 15) is 4.79 Å². The fraction of sp³-hybridized carbons (Fsp3) is 0.368. The molecule has 4 rings (SSSR count). The first-order valence-electron chi connectivity index (χ1n) is 8.85. The Morgan fingerprint density at radius 1 is 1.12 bits per heavy atom. The molecule has 7 nitrogen and oxygen atoms in total. The van der Waals surface area contributed by atoms with Crippen molar-refractivity contribution in [2.45, 2.75) is 18.9 Å². The number of amides is 1. The predicted molar refractivity (Wildman–Crippen MR) is 101 cm³/mol. The minimum absolute atomic E-state index is 0.302. The SMILES string of the molecule is CN(C=O)C1CCN(c2nnc(-c3ccnn3C)c3ccccc23)CC1. The molecule has 0 radical (unpaired) electrons. The maximum atomic E-state index is 11.0. The molecular formula is C19H22N6O. The van der Waals surface area contributed by atoms with E-state index in [-0.39, 0.29) is 0 Å². The summed E-state index contributed by atoms with van der Waals surface area (Å²) < 4.78 is 1.82. The van der Waals surface area contributed by atoms with Crippen LogP contribution in [0.15, 0.2) is 36.5 Å². The topological polar surface area (TPSA) is 67.2 Å². The summed E-state index contributed by atoms with van der Waals surface area (Å²) in [6.07, 6.45) is 4.57. The number of anilines is 1. The van der Waals surface area contributed by atoms with E-state index < -0.39 is 0 Å². The van der Waals surface area contributed by atoms with Crippen LogP contribution in [0.2, 0.25) is 0 Å². The molecule has 7 heteroatoms. The van der Waals surface area contributed by atoms with E-state index in [0.717, 1.165) is 60.3 Å². The molecule has 0 saturated carbocycles. The van der Waals surface area contributed by atoms with E-state index >= 15 is 0 Å². The Morgan fingerprint density at radius 2 is 1.85 bits per heavy atom. The number of aromatic nitrogens is 4. The van der Waals surface area contributed by atoms with Gasteiger partial charge in [0.05, 0.1) is 5.69 Å². The van der Waals surface area contributed by atoms with E-state index in [4.69, 9.17) is 0 Å². The first kappa shape index (κ1) is 16.5. The lowest BCUT2D eigenvalue weighted by atomic mass is 10.0. The normalized spacial score (nSPS) is 15.4. The highest BCUT2D eigenvalue weighted by Gasteiger charge is 2.24. The number of piperidine rings is 1. The molecule has 1 saturated heterocycles. The van der Waals surface area contributed by atoms with E-state index in [1.165, 1.54) is 0 Å². The predicted octanol–water partition coefficient (Wildman–Crippen LogP) is 2.09. The Labute approximate surface area is 152 Å². The highest BCUT2D eigenvalue weighted by atomic mass is 16.1. The van der Waals surface area contributed by atoms with Crippen molar-refractivity contribution in [2.24, 2.45) is 7.05 Å². The van der Waals surface area contributed by atoms with E-state index in [2.05, 4.69) is 32.3 Å². The Bertz CT molecular complexity index is 929. The van der Waals surface area contributed by atoms with Gasteiger partial charge < -0.3 is 9.80 Å². The van der Waals surface area contributed by atoms with Gasteiger partial charge >= 0.3 is 0 Å². The quantitative estimate of drug-likeness (QED) is 0.674. The molecule has 1 amide bonds. The highest BCUT2D eigenvalue weighted by Crippen LogP contribution is 2.32. The van der Waals surface area contributed by atoms with Crippen molar-refractivity contribution in [3.63, 3.8) is 0 Å². The maximum Gasteiger partial charge on any atom is 0.209 e. The summed E-state index contributed by atoms with van der Waals surface area (Å²) in [5, 5.41) is 15.5. The summed E-state index contributed by atoms with van der Waals surface area (Å²) in [6, 6.07) is 10.5. The molecule has 3 heterocycles. The van der Waals surface area contributed by atoms with Crippen LogP contribution in [0, 0.1) is 0 Å². The number of fused-ring (bicyclic) bond motifs is 1. The van der Waals surface area contributed by atoms with E-state index in [1.54, 1.807) is 11.1 Å². The summed E-state index contributed by atoms with van der Waals surface area (Å²) in [5.74, 6) is 0.915. The lowest BCUT2D eigenvalue weighted by Crippen LogP contribution is -2.43. The highest BCUT2D eigenvalue weighted by molar-refractivity contribution is 5.99. The number of benzene rings is 1. The number of hydrogen-bond acceptors (Lipinski definition) is 5. The zero-order chi connectivity index (χ0) is 18.1. The molecule has 0 N–H and O–H groups in total. The number of carbonyl (C=O) groups excluding carboxylic acids is 1. The molecule has 0 spiro atoms. The second kappa shape index (κ2) is 6.74. The van der Waals surface area contributed by atoms with Crippen LogP contribution in [0.3, 0.4) is 0 Å². The zero-order valence-electron chi connectivity index (χ0n) is 15.0. The first-order chi connectivity index (χ1) is 12.7. The van der Waals surface area contributed by atoms with Crippen molar-refractivity contribution in [2.75, 3.05) is 25.0 Å². The Hall–Kier alpha value is -2.96. The lowest BCUT2D eigenvalue weighted by molar-refractivity contribution is -0.119. The summed E-state index contributed by atoms with van der Waals surface area (Å²) >= 11 is 0. The van der Waals surface area contributed by atoms with E-state index in [0.29, 0.717) is 6.04 Å². The standard InChI is InChI=1S/C19H22N6O/c1-23(13-26)14-8-11-25(12-9-14)19-16-6-4-3-5-15(16)18(21-22-19)17-7-10-20-24(17)2/h3-7,10,13-14H,8-9,11-12H2,1-2H3. The third-order valence-electron chi connectivity index (χ3n) is 5.24. The molecule has 0 atom stereocenters. The monoisotopic (exact) mass is 350 g/mol. The fourth-order valence-corrected chi connectivity index (χ4v) is 3.69. The summed E-state index contributed by atoms with van der Waals surface area (Å²) in [7, 11) is 3.76. The minimum Gasteiger partial charge on any atom is -0.354 e. The smallest absolute Gasteiger partial charge is 0.209 e. The van der Waals surface area contributed by atoms with Crippen LogP contribution < -0.4 is 4.90 Å². The van der Waals surface area contributed by atoms with Crippen molar-refractivity contribution >= 4 is 23.0 Å². The molecule has 2 aromatic heterocycles. The molecule has 1 aromatic carbocycles. The Kier molecular flexibility index (Phi) is 4.28. The average Bonchev–Trinajstić information content (AvgIpc) is 3.12. The van der Waals surface area contributed by atoms with Gasteiger partial charge in [0.25, 0.3) is 0 Å². The van der Waals surface area contributed by atoms with Crippen LogP contribution in [-0.4, -0.2) is 57.5 Å². The van der Waals surface area contributed by atoms with Gasteiger partial charge in [-0.25, -0.2) is 0 Å². The van der Waals surface area contributed by atoms with Crippen LogP contribution in [0.5, 0.6) is 0 Å². The van der Waals surface area contributed by atoms with Crippen molar-refractivity contribution in [1.29, 1.82) is 0 Å². The number of carbonyl (C=O) groups is 1.